The van der Waals surface area contributed by atoms with Crippen molar-refractivity contribution < 1.29 is 0 Å². The highest BCUT2D eigenvalue weighted by atomic mass is 15.2. The molecular weight excluding hydrogens is 544 g/mol. The normalized spacial score (nSPS) is 28.2. The van der Waals surface area contributed by atoms with Gasteiger partial charge in [-0.3, -0.25) is 19.6 Å². The molecule has 2 saturated heterocycles. The lowest BCUT2D eigenvalue weighted by Gasteiger charge is -2.30. The van der Waals surface area contributed by atoms with E-state index in [9.17, 15) is 0 Å². The molecule has 2 aromatic carbocycles. The van der Waals surface area contributed by atoms with E-state index in [1.807, 2.05) is 0 Å². The molecule has 0 amide bonds. The lowest BCUT2D eigenvalue weighted by molar-refractivity contribution is 0.187. The van der Waals surface area contributed by atoms with Crippen LogP contribution < -0.4 is 21.3 Å². The van der Waals surface area contributed by atoms with Crippen LogP contribution in [-0.4, -0.2) is 124 Å². The van der Waals surface area contributed by atoms with Crippen LogP contribution in [0.15, 0.2) is 48.5 Å². The maximum atomic E-state index is 3.63. The topological polar surface area (TPSA) is 61.1 Å². The fourth-order valence-corrected chi connectivity index (χ4v) is 6.74. The number of hydrogen-bond acceptors (Lipinski definition) is 8. The number of nitrogens with zero attached hydrogens (tertiary/aromatic N) is 4. The molecular formula is C36H60N8. The van der Waals surface area contributed by atoms with Crippen LogP contribution in [0.1, 0.15) is 47.9 Å². The van der Waals surface area contributed by atoms with E-state index in [4.69, 9.17) is 0 Å². The van der Waals surface area contributed by atoms with E-state index in [2.05, 4.69) is 89.4 Å². The molecule has 0 aliphatic carbocycles. The van der Waals surface area contributed by atoms with Gasteiger partial charge in [0.05, 0.1) is 0 Å². The molecule has 8 heteroatoms. The van der Waals surface area contributed by atoms with Crippen molar-refractivity contribution in [2.24, 2.45) is 0 Å². The van der Waals surface area contributed by atoms with Crippen LogP contribution in [0.2, 0.25) is 0 Å². The summed E-state index contributed by atoms with van der Waals surface area (Å²) >= 11 is 0. The standard InChI is InChI=1S/C36H60N8/c1-13-37-17-18-38-14-2-22-42-26-25-41(21-1)29-33-5-7-34(8-6-33)31-43-23-3-15-39-19-20-40-16-4-24-44(28-27-43)32-36-11-9-35(30-42)10-12-36/h5-12,37-40H,1-4,13-32H2. The Labute approximate surface area is 267 Å². The predicted molar refractivity (Wildman–Crippen MR) is 184 cm³/mol. The van der Waals surface area contributed by atoms with E-state index in [1.165, 1.54) is 47.9 Å². The Kier molecular flexibility index (Phi) is 14.9. The van der Waals surface area contributed by atoms with E-state index in [0.29, 0.717) is 0 Å². The van der Waals surface area contributed by atoms with Crippen LogP contribution in [0.5, 0.6) is 0 Å². The summed E-state index contributed by atoms with van der Waals surface area (Å²) in [5, 5.41) is 14.5. The summed E-state index contributed by atoms with van der Waals surface area (Å²) in [5.74, 6) is 0. The van der Waals surface area contributed by atoms with Gasteiger partial charge in [-0.25, -0.2) is 0 Å². The summed E-state index contributed by atoms with van der Waals surface area (Å²) in [4.78, 5) is 10.8. The van der Waals surface area contributed by atoms with E-state index in [1.54, 1.807) is 0 Å². The van der Waals surface area contributed by atoms with E-state index >= 15 is 0 Å². The molecule has 244 valence electrons. The maximum absolute atomic E-state index is 3.63. The zero-order chi connectivity index (χ0) is 30.1. The summed E-state index contributed by atoms with van der Waals surface area (Å²) in [6.45, 7) is 21.7. The molecule has 0 spiro atoms. The smallest absolute Gasteiger partial charge is 0.0234 e. The van der Waals surface area contributed by atoms with Crippen molar-refractivity contribution in [2.75, 3.05) is 105 Å². The van der Waals surface area contributed by atoms with Gasteiger partial charge in [0.25, 0.3) is 0 Å². The Balaban J connectivity index is 1.35. The second-order valence-electron chi connectivity index (χ2n) is 13.2. The first-order valence-corrected chi connectivity index (χ1v) is 17.7. The van der Waals surface area contributed by atoms with E-state index in [0.717, 1.165) is 131 Å². The molecule has 6 aliphatic heterocycles. The number of nitrogens with one attached hydrogen (secondary N) is 4. The van der Waals surface area contributed by atoms with Crippen LogP contribution in [0.4, 0.5) is 0 Å². The lowest BCUT2D eigenvalue weighted by Crippen LogP contribution is -2.39. The fourth-order valence-electron chi connectivity index (χ4n) is 6.74. The lowest BCUT2D eigenvalue weighted by atomic mass is 10.1. The number of benzene rings is 2. The van der Waals surface area contributed by atoms with Crippen molar-refractivity contribution in [3.63, 3.8) is 0 Å². The molecule has 44 heavy (non-hydrogen) atoms. The monoisotopic (exact) mass is 604 g/mol. The molecule has 6 aliphatic rings. The molecule has 0 radical (unpaired) electrons. The molecule has 8 nitrogen and oxygen atoms in total. The van der Waals surface area contributed by atoms with Gasteiger partial charge in [-0.2, -0.15) is 0 Å². The van der Waals surface area contributed by atoms with Crippen molar-refractivity contribution >= 4 is 0 Å². The van der Waals surface area contributed by atoms with Gasteiger partial charge in [-0.15, -0.1) is 0 Å². The first-order chi connectivity index (χ1) is 21.8. The molecule has 6 heterocycles. The van der Waals surface area contributed by atoms with E-state index in [-0.39, 0.29) is 0 Å². The number of hydrogen-bond donors (Lipinski definition) is 4. The van der Waals surface area contributed by atoms with Gasteiger partial charge in [-0.05, 0) is 100 Å². The van der Waals surface area contributed by atoms with Gasteiger partial charge in [0.2, 0.25) is 0 Å². The van der Waals surface area contributed by atoms with Gasteiger partial charge in [0.15, 0.2) is 0 Å². The quantitative estimate of drug-likeness (QED) is 0.366. The van der Waals surface area contributed by atoms with E-state index < -0.39 is 0 Å². The molecule has 8 rings (SSSR count). The average Bonchev–Trinajstić information content (AvgIpc) is 3.04. The van der Waals surface area contributed by atoms with Gasteiger partial charge in [0.1, 0.15) is 0 Å². The summed E-state index contributed by atoms with van der Waals surface area (Å²) in [7, 11) is 0. The third-order valence-corrected chi connectivity index (χ3v) is 9.40. The minimum Gasteiger partial charge on any atom is -0.315 e. The summed E-state index contributed by atoms with van der Waals surface area (Å²) in [5.41, 5.74) is 5.75. The third-order valence-electron chi connectivity index (χ3n) is 9.40. The minimum atomic E-state index is 1.03. The first-order valence-electron chi connectivity index (χ1n) is 17.7. The maximum Gasteiger partial charge on any atom is 0.0234 e. The summed E-state index contributed by atoms with van der Waals surface area (Å²) < 4.78 is 0. The largest absolute Gasteiger partial charge is 0.315 e. The summed E-state index contributed by atoms with van der Waals surface area (Å²) in [6, 6.07) is 19.2. The zero-order valence-corrected chi connectivity index (χ0v) is 27.4. The Morgan fingerprint density at radius 1 is 0.295 bits per heavy atom. The minimum absolute atomic E-state index is 1.03. The van der Waals surface area contributed by atoms with Gasteiger partial charge in [-0.1, -0.05) is 48.5 Å². The predicted octanol–water partition coefficient (Wildman–Crippen LogP) is 2.55. The molecule has 2 fully saturated rings. The zero-order valence-electron chi connectivity index (χ0n) is 27.4. The van der Waals surface area contributed by atoms with Crippen LogP contribution >= 0.6 is 0 Å². The number of rotatable bonds is 0. The molecule has 4 N–H and O–H groups in total. The molecule has 0 saturated carbocycles. The highest BCUT2D eigenvalue weighted by Gasteiger charge is 2.15. The van der Waals surface area contributed by atoms with Crippen molar-refractivity contribution in [1.82, 2.24) is 40.9 Å². The van der Waals surface area contributed by atoms with Gasteiger partial charge >= 0.3 is 0 Å². The molecule has 0 aromatic heterocycles. The Morgan fingerprint density at radius 3 is 0.750 bits per heavy atom. The SMILES string of the molecule is c1cc2ccc1CN1CCCNCCNCCCN(CC1)Cc1ccc(cc1)CN1CCCNCCNCCCN(CC1)C2. The highest BCUT2D eigenvalue weighted by Crippen LogP contribution is 2.15. The summed E-state index contributed by atoms with van der Waals surface area (Å²) in [6.07, 6.45) is 4.77. The molecule has 8 bridgehead atoms. The second kappa shape index (κ2) is 19.6. The van der Waals surface area contributed by atoms with Crippen molar-refractivity contribution in [1.29, 1.82) is 0 Å². The van der Waals surface area contributed by atoms with Crippen molar-refractivity contribution in [2.45, 2.75) is 51.9 Å². The third kappa shape index (κ3) is 12.5. The molecule has 2 aromatic rings. The Morgan fingerprint density at radius 2 is 0.523 bits per heavy atom. The first kappa shape index (κ1) is 33.5. The Hall–Kier alpha value is -1.88. The fraction of sp³-hybridized carbons (Fsp3) is 0.667. The molecule has 4 atom stereocenters. The van der Waals surface area contributed by atoms with Crippen molar-refractivity contribution in [3.05, 3.63) is 70.8 Å². The van der Waals surface area contributed by atoms with Crippen LogP contribution in [0.25, 0.3) is 0 Å². The van der Waals surface area contributed by atoms with Crippen molar-refractivity contribution in [3.8, 4) is 0 Å². The Bertz CT molecular complexity index is 864. The van der Waals surface area contributed by atoms with Crippen LogP contribution in [0, 0.1) is 0 Å². The van der Waals surface area contributed by atoms with Crippen LogP contribution in [0.3, 0.4) is 0 Å². The average molecular weight is 605 g/mol. The van der Waals surface area contributed by atoms with Gasteiger partial charge in [0, 0.05) is 78.5 Å². The van der Waals surface area contributed by atoms with Crippen LogP contribution in [-0.2, 0) is 26.2 Å². The molecule has 4 unspecified atom stereocenters. The second-order valence-corrected chi connectivity index (χ2v) is 13.2. The van der Waals surface area contributed by atoms with Gasteiger partial charge < -0.3 is 21.3 Å². The highest BCUT2D eigenvalue weighted by molar-refractivity contribution is 5.23.